The summed E-state index contributed by atoms with van der Waals surface area (Å²) < 4.78 is 5.20. The zero-order valence-electron chi connectivity index (χ0n) is 16.8. The van der Waals surface area contributed by atoms with Crippen LogP contribution < -0.4 is 5.32 Å². The van der Waals surface area contributed by atoms with Gasteiger partial charge in [0, 0.05) is 0 Å². The Morgan fingerprint density at radius 1 is 0.867 bits per heavy atom. The molecule has 0 saturated heterocycles. The van der Waals surface area contributed by atoms with Crippen molar-refractivity contribution in [2.24, 2.45) is 0 Å². The lowest BCUT2D eigenvalue weighted by molar-refractivity contribution is -0.148. The molecular weight excluding hydrogens is 374 g/mol. The predicted octanol–water partition coefficient (Wildman–Crippen LogP) is 4.63. The molecule has 152 valence electrons. The second-order valence-electron chi connectivity index (χ2n) is 7.61. The van der Waals surface area contributed by atoms with Gasteiger partial charge in [0.1, 0.15) is 0 Å². The Labute approximate surface area is 176 Å². The van der Waals surface area contributed by atoms with Crippen molar-refractivity contribution in [2.75, 3.05) is 6.61 Å². The second kappa shape index (κ2) is 9.40. The van der Waals surface area contributed by atoms with Gasteiger partial charge in [-0.3, -0.25) is 9.59 Å². The number of hydrogen-bond acceptors (Lipinski definition) is 3. The number of esters is 1. The van der Waals surface area contributed by atoms with E-state index in [0.717, 1.165) is 36.0 Å². The Morgan fingerprint density at radius 2 is 1.57 bits per heavy atom. The van der Waals surface area contributed by atoms with Gasteiger partial charge in [-0.1, -0.05) is 78.9 Å². The minimum absolute atomic E-state index is 0.00770. The summed E-state index contributed by atoms with van der Waals surface area (Å²) in [6.07, 6.45) is 3.14. The van der Waals surface area contributed by atoms with E-state index in [-0.39, 0.29) is 25.0 Å². The SMILES string of the molecule is O=C(COC(=O)Cc1ccc(-c2ccccc2)cc1)N[C@@H]1CCCc2ccccc21. The zero-order valence-corrected chi connectivity index (χ0v) is 16.8. The van der Waals surface area contributed by atoms with Gasteiger partial charge in [-0.2, -0.15) is 0 Å². The number of amides is 1. The van der Waals surface area contributed by atoms with Gasteiger partial charge < -0.3 is 10.1 Å². The van der Waals surface area contributed by atoms with Crippen LogP contribution in [0.4, 0.5) is 0 Å². The fraction of sp³-hybridized carbons (Fsp3) is 0.231. The largest absolute Gasteiger partial charge is 0.455 e. The summed E-state index contributed by atoms with van der Waals surface area (Å²) in [5, 5.41) is 3.00. The van der Waals surface area contributed by atoms with Crippen LogP contribution in [0.15, 0.2) is 78.9 Å². The number of carbonyl (C=O) groups excluding carboxylic acids is 2. The molecule has 0 aromatic heterocycles. The molecule has 0 radical (unpaired) electrons. The summed E-state index contributed by atoms with van der Waals surface area (Å²) >= 11 is 0. The van der Waals surface area contributed by atoms with E-state index in [0.29, 0.717) is 0 Å². The van der Waals surface area contributed by atoms with Crippen LogP contribution in [0.3, 0.4) is 0 Å². The quantitative estimate of drug-likeness (QED) is 0.615. The molecule has 3 aromatic carbocycles. The monoisotopic (exact) mass is 399 g/mol. The van der Waals surface area contributed by atoms with Crippen molar-refractivity contribution in [3.05, 3.63) is 95.6 Å². The second-order valence-corrected chi connectivity index (χ2v) is 7.61. The first-order valence-electron chi connectivity index (χ1n) is 10.4. The lowest BCUT2D eigenvalue weighted by Crippen LogP contribution is -2.34. The van der Waals surface area contributed by atoms with Crippen molar-refractivity contribution in [1.29, 1.82) is 0 Å². The normalized spacial score (nSPS) is 15.1. The maximum Gasteiger partial charge on any atom is 0.310 e. The molecule has 1 atom stereocenters. The molecule has 0 spiro atoms. The van der Waals surface area contributed by atoms with E-state index in [1.807, 2.05) is 66.7 Å². The van der Waals surface area contributed by atoms with Crippen LogP contribution in [-0.2, 0) is 27.2 Å². The molecule has 4 nitrogen and oxygen atoms in total. The Hall–Kier alpha value is -3.40. The van der Waals surface area contributed by atoms with Crippen LogP contribution in [0.5, 0.6) is 0 Å². The molecule has 1 aliphatic carbocycles. The standard InChI is InChI=1S/C26H25NO3/c28-25(27-24-12-6-10-22-9-4-5-11-23(22)24)18-30-26(29)17-19-13-15-21(16-14-19)20-7-2-1-3-8-20/h1-5,7-9,11,13-16,24H,6,10,12,17-18H2,(H,27,28)/t24-/m1/s1. The van der Waals surface area contributed by atoms with Crippen LogP contribution in [0, 0.1) is 0 Å². The molecule has 1 amide bonds. The molecule has 0 unspecified atom stereocenters. The highest BCUT2D eigenvalue weighted by molar-refractivity contribution is 5.81. The van der Waals surface area contributed by atoms with Gasteiger partial charge in [-0.15, -0.1) is 0 Å². The van der Waals surface area contributed by atoms with E-state index in [2.05, 4.69) is 17.4 Å². The molecule has 3 aromatic rings. The van der Waals surface area contributed by atoms with Gasteiger partial charge in [0.15, 0.2) is 6.61 Å². The number of ether oxygens (including phenoxy) is 1. The molecular formula is C26H25NO3. The fourth-order valence-electron chi connectivity index (χ4n) is 3.95. The van der Waals surface area contributed by atoms with Crippen LogP contribution in [0.25, 0.3) is 11.1 Å². The molecule has 1 aliphatic rings. The number of fused-ring (bicyclic) bond motifs is 1. The van der Waals surface area contributed by atoms with Gasteiger partial charge in [0.2, 0.25) is 0 Å². The first-order chi connectivity index (χ1) is 14.7. The number of hydrogen-bond donors (Lipinski definition) is 1. The minimum atomic E-state index is -0.401. The molecule has 4 heteroatoms. The summed E-state index contributed by atoms with van der Waals surface area (Å²) in [6.45, 7) is -0.250. The van der Waals surface area contributed by atoms with Gasteiger partial charge in [-0.25, -0.2) is 0 Å². The number of rotatable bonds is 6. The topological polar surface area (TPSA) is 55.4 Å². The maximum atomic E-state index is 12.3. The highest BCUT2D eigenvalue weighted by atomic mass is 16.5. The van der Waals surface area contributed by atoms with E-state index in [1.165, 1.54) is 11.1 Å². The Morgan fingerprint density at radius 3 is 2.37 bits per heavy atom. The Balaban J connectivity index is 1.26. The smallest absolute Gasteiger partial charge is 0.310 e. The number of carbonyl (C=O) groups is 2. The maximum absolute atomic E-state index is 12.3. The third-order valence-corrected chi connectivity index (χ3v) is 5.48. The highest BCUT2D eigenvalue weighted by Gasteiger charge is 2.21. The number of aryl methyl sites for hydroxylation is 1. The van der Waals surface area contributed by atoms with Crippen LogP contribution in [0.2, 0.25) is 0 Å². The molecule has 1 N–H and O–H groups in total. The van der Waals surface area contributed by atoms with Crippen molar-refractivity contribution in [2.45, 2.75) is 31.7 Å². The molecule has 30 heavy (non-hydrogen) atoms. The molecule has 0 bridgehead atoms. The van der Waals surface area contributed by atoms with Crippen LogP contribution in [0.1, 0.15) is 35.6 Å². The third kappa shape index (κ3) is 4.95. The highest BCUT2D eigenvalue weighted by Crippen LogP contribution is 2.29. The van der Waals surface area contributed by atoms with Gasteiger partial charge >= 0.3 is 5.97 Å². The zero-order chi connectivity index (χ0) is 20.8. The van der Waals surface area contributed by atoms with E-state index >= 15 is 0 Å². The van der Waals surface area contributed by atoms with Crippen molar-refractivity contribution in [3.63, 3.8) is 0 Å². The summed E-state index contributed by atoms with van der Waals surface area (Å²) in [4.78, 5) is 24.5. The van der Waals surface area contributed by atoms with Crippen molar-refractivity contribution >= 4 is 11.9 Å². The van der Waals surface area contributed by atoms with Crippen LogP contribution >= 0.6 is 0 Å². The van der Waals surface area contributed by atoms with Crippen molar-refractivity contribution in [3.8, 4) is 11.1 Å². The van der Waals surface area contributed by atoms with E-state index in [1.54, 1.807) is 0 Å². The van der Waals surface area contributed by atoms with Gasteiger partial charge in [-0.05, 0) is 47.1 Å². The summed E-state index contributed by atoms with van der Waals surface area (Å²) in [6, 6.07) is 26.1. The lowest BCUT2D eigenvalue weighted by Gasteiger charge is -2.26. The number of benzene rings is 3. The lowest BCUT2D eigenvalue weighted by atomic mass is 9.88. The first-order valence-corrected chi connectivity index (χ1v) is 10.4. The summed E-state index contributed by atoms with van der Waals surface area (Å²) in [5.41, 5.74) is 5.54. The molecule has 0 fully saturated rings. The van der Waals surface area contributed by atoms with Crippen molar-refractivity contribution < 1.29 is 14.3 Å². The first kappa shape index (κ1) is 19.9. The molecule has 4 rings (SSSR count). The predicted molar refractivity (Wildman–Crippen MR) is 117 cm³/mol. The van der Waals surface area contributed by atoms with E-state index in [4.69, 9.17) is 4.74 Å². The Kier molecular flexibility index (Phi) is 6.23. The average Bonchev–Trinajstić information content (AvgIpc) is 2.79. The van der Waals surface area contributed by atoms with Crippen molar-refractivity contribution in [1.82, 2.24) is 5.32 Å². The van der Waals surface area contributed by atoms with E-state index < -0.39 is 5.97 Å². The molecule has 0 saturated carbocycles. The molecule has 0 heterocycles. The summed E-state index contributed by atoms with van der Waals surface area (Å²) in [5.74, 6) is -0.661. The Bertz CT molecular complexity index is 1010. The minimum Gasteiger partial charge on any atom is -0.455 e. The van der Waals surface area contributed by atoms with E-state index in [9.17, 15) is 9.59 Å². The third-order valence-electron chi connectivity index (χ3n) is 5.48. The van der Waals surface area contributed by atoms with Gasteiger partial charge in [0.05, 0.1) is 12.5 Å². The van der Waals surface area contributed by atoms with Gasteiger partial charge in [0.25, 0.3) is 5.91 Å². The number of nitrogens with one attached hydrogen (secondary N) is 1. The average molecular weight is 399 g/mol. The fourth-order valence-corrected chi connectivity index (χ4v) is 3.95. The van der Waals surface area contributed by atoms with Crippen LogP contribution in [-0.4, -0.2) is 18.5 Å². The summed E-state index contributed by atoms with van der Waals surface area (Å²) in [7, 11) is 0. The molecule has 0 aliphatic heterocycles.